The van der Waals surface area contributed by atoms with Gasteiger partial charge in [-0.1, -0.05) is 0 Å². The van der Waals surface area contributed by atoms with Gasteiger partial charge in [0.25, 0.3) is 0 Å². The zero-order valence-electron chi connectivity index (χ0n) is 13.9. The molecule has 0 spiro atoms. The van der Waals surface area contributed by atoms with Crippen molar-refractivity contribution >= 4 is 29.7 Å². The maximum absolute atomic E-state index is 9.01. The standard InChI is InChI=1S/C17H20N7.ClH/c18-7-14-10-22-24-12-13(9-21-17(14)24)8-19-16-4-3-15(11-20-16)23-5-1-2-6-23;/h3-4,10-11,13H,1-2,5-6,8-9,12H2,(H,19,20);1H. The summed E-state index contributed by atoms with van der Waals surface area (Å²) in [5.41, 5.74) is 1.76. The number of fused-ring (bicyclic) bond motifs is 1. The molecule has 2 aliphatic rings. The highest BCUT2D eigenvalue weighted by atomic mass is 35.5. The molecule has 0 saturated carbocycles. The summed E-state index contributed by atoms with van der Waals surface area (Å²) in [6, 6.07) is 6.31. The van der Waals surface area contributed by atoms with Crippen LogP contribution in [0.1, 0.15) is 18.4 Å². The second-order valence-electron chi connectivity index (χ2n) is 6.36. The van der Waals surface area contributed by atoms with Crippen LogP contribution >= 0.6 is 12.4 Å². The first-order chi connectivity index (χ1) is 11.8. The van der Waals surface area contributed by atoms with Crippen molar-refractivity contribution in [1.82, 2.24) is 20.1 Å². The molecule has 7 nitrogen and oxygen atoms in total. The van der Waals surface area contributed by atoms with Gasteiger partial charge in [-0.2, -0.15) is 10.4 Å². The Labute approximate surface area is 153 Å². The first kappa shape index (κ1) is 17.4. The molecule has 25 heavy (non-hydrogen) atoms. The molecule has 4 rings (SSSR count). The zero-order chi connectivity index (χ0) is 16.4. The van der Waals surface area contributed by atoms with Crippen molar-refractivity contribution in [3.63, 3.8) is 0 Å². The monoisotopic (exact) mass is 358 g/mol. The predicted molar refractivity (Wildman–Crippen MR) is 98.5 cm³/mol. The van der Waals surface area contributed by atoms with Gasteiger partial charge in [0, 0.05) is 38.6 Å². The summed E-state index contributed by atoms with van der Waals surface area (Å²) in [5.74, 6) is 1.95. The smallest absolute Gasteiger partial charge is 0.163 e. The fourth-order valence-corrected chi connectivity index (χ4v) is 3.31. The van der Waals surface area contributed by atoms with Crippen molar-refractivity contribution in [1.29, 1.82) is 5.26 Å². The molecule has 1 N–H and O–H groups in total. The van der Waals surface area contributed by atoms with Crippen LogP contribution in [0.3, 0.4) is 0 Å². The Morgan fingerprint density at radius 2 is 2.08 bits per heavy atom. The van der Waals surface area contributed by atoms with Gasteiger partial charge in [-0.25, -0.2) is 9.67 Å². The minimum atomic E-state index is 0. The fraction of sp³-hybridized carbons (Fsp3) is 0.471. The van der Waals surface area contributed by atoms with E-state index < -0.39 is 0 Å². The average molecular weight is 359 g/mol. The highest BCUT2D eigenvalue weighted by Gasteiger charge is 2.22. The van der Waals surface area contributed by atoms with Crippen molar-refractivity contribution in [2.45, 2.75) is 19.4 Å². The highest BCUT2D eigenvalue weighted by molar-refractivity contribution is 5.85. The lowest BCUT2D eigenvalue weighted by Crippen LogP contribution is -2.32. The van der Waals surface area contributed by atoms with E-state index in [-0.39, 0.29) is 12.4 Å². The van der Waals surface area contributed by atoms with Crippen LogP contribution in [0, 0.1) is 17.2 Å². The number of nitriles is 1. The van der Waals surface area contributed by atoms with E-state index in [4.69, 9.17) is 5.26 Å². The van der Waals surface area contributed by atoms with Crippen LogP contribution in [-0.2, 0) is 6.54 Å². The molecule has 2 aliphatic heterocycles. The minimum Gasteiger partial charge on any atom is -0.370 e. The minimum absolute atomic E-state index is 0. The van der Waals surface area contributed by atoms with E-state index in [9.17, 15) is 0 Å². The Hall–Kier alpha value is -2.46. The SMILES string of the molecule is Cl.N#Cc1cnn2c1[N]CC(CNc1ccc(N3CCCC3)cn1)C2. The maximum atomic E-state index is 9.01. The molecule has 2 aromatic heterocycles. The molecule has 4 heterocycles. The third kappa shape index (κ3) is 3.64. The molecular formula is C17H21ClN7. The van der Waals surface area contributed by atoms with Gasteiger partial charge in [0.05, 0.1) is 18.1 Å². The Morgan fingerprint density at radius 3 is 2.80 bits per heavy atom. The summed E-state index contributed by atoms with van der Waals surface area (Å²) in [6.07, 6.45) is 6.08. The van der Waals surface area contributed by atoms with Crippen LogP contribution in [0.25, 0.3) is 0 Å². The number of aromatic nitrogens is 3. The van der Waals surface area contributed by atoms with Gasteiger partial charge in [0.2, 0.25) is 0 Å². The number of rotatable bonds is 4. The lowest BCUT2D eigenvalue weighted by Gasteiger charge is -2.24. The van der Waals surface area contributed by atoms with Crippen LogP contribution < -0.4 is 15.5 Å². The number of halogens is 1. The molecule has 131 valence electrons. The molecule has 1 unspecified atom stereocenters. The summed E-state index contributed by atoms with van der Waals surface area (Å²) in [5, 5.41) is 21.1. The van der Waals surface area contributed by atoms with Crippen LogP contribution in [0.4, 0.5) is 17.3 Å². The largest absolute Gasteiger partial charge is 0.370 e. The number of hydrogen-bond donors (Lipinski definition) is 1. The highest BCUT2D eigenvalue weighted by Crippen LogP contribution is 2.22. The Kier molecular flexibility index (Phi) is 5.29. The van der Waals surface area contributed by atoms with E-state index >= 15 is 0 Å². The first-order valence-corrected chi connectivity index (χ1v) is 8.42. The number of nitrogens with one attached hydrogen (secondary N) is 1. The fourth-order valence-electron chi connectivity index (χ4n) is 3.31. The summed E-state index contributed by atoms with van der Waals surface area (Å²) in [6.45, 7) is 4.54. The van der Waals surface area contributed by atoms with E-state index in [1.54, 1.807) is 6.20 Å². The van der Waals surface area contributed by atoms with E-state index in [1.165, 1.54) is 18.5 Å². The molecule has 1 saturated heterocycles. The van der Waals surface area contributed by atoms with E-state index in [2.05, 4.69) is 37.8 Å². The summed E-state index contributed by atoms with van der Waals surface area (Å²) >= 11 is 0. The van der Waals surface area contributed by atoms with Gasteiger partial charge in [0.15, 0.2) is 5.82 Å². The summed E-state index contributed by atoms with van der Waals surface area (Å²) in [4.78, 5) is 6.90. The quantitative estimate of drug-likeness (QED) is 0.905. The molecule has 1 radical (unpaired) electrons. The molecule has 2 aromatic rings. The summed E-state index contributed by atoms with van der Waals surface area (Å²) in [7, 11) is 0. The lowest BCUT2D eigenvalue weighted by atomic mass is 10.1. The van der Waals surface area contributed by atoms with E-state index in [1.807, 2.05) is 16.9 Å². The second-order valence-corrected chi connectivity index (χ2v) is 6.36. The molecule has 0 amide bonds. The van der Waals surface area contributed by atoms with Crippen LogP contribution in [0.5, 0.6) is 0 Å². The van der Waals surface area contributed by atoms with Gasteiger partial charge in [-0.15, -0.1) is 12.4 Å². The van der Waals surface area contributed by atoms with Crippen LogP contribution in [0.2, 0.25) is 0 Å². The van der Waals surface area contributed by atoms with Crippen molar-refractivity contribution in [2.24, 2.45) is 5.92 Å². The Morgan fingerprint density at radius 1 is 1.24 bits per heavy atom. The third-order valence-electron chi connectivity index (χ3n) is 4.65. The molecule has 1 atom stereocenters. The molecule has 8 heteroatoms. The molecule has 1 fully saturated rings. The van der Waals surface area contributed by atoms with Gasteiger partial charge < -0.3 is 10.2 Å². The molecular weight excluding hydrogens is 338 g/mol. The van der Waals surface area contributed by atoms with Crippen LogP contribution in [0.15, 0.2) is 24.5 Å². The Bertz CT molecular complexity index is 743. The van der Waals surface area contributed by atoms with Crippen LogP contribution in [-0.4, -0.2) is 40.9 Å². The molecule has 0 aromatic carbocycles. The van der Waals surface area contributed by atoms with E-state index in [0.29, 0.717) is 23.8 Å². The first-order valence-electron chi connectivity index (χ1n) is 8.42. The number of nitrogens with zero attached hydrogens (tertiary/aromatic N) is 6. The Balaban J connectivity index is 0.00000182. The van der Waals surface area contributed by atoms with Gasteiger partial charge in [0.1, 0.15) is 17.5 Å². The van der Waals surface area contributed by atoms with Gasteiger partial charge in [-0.05, 0) is 25.0 Å². The van der Waals surface area contributed by atoms with Gasteiger partial charge in [-0.3, -0.25) is 5.32 Å². The van der Waals surface area contributed by atoms with Crippen molar-refractivity contribution < 1.29 is 0 Å². The number of hydrogen-bond acceptors (Lipinski definition) is 5. The van der Waals surface area contributed by atoms with E-state index in [0.717, 1.165) is 32.0 Å². The predicted octanol–water partition coefficient (Wildman–Crippen LogP) is 2.15. The number of pyridine rings is 1. The number of anilines is 2. The summed E-state index contributed by atoms with van der Waals surface area (Å²) < 4.78 is 1.82. The van der Waals surface area contributed by atoms with Crippen molar-refractivity contribution in [3.8, 4) is 6.07 Å². The van der Waals surface area contributed by atoms with Crippen molar-refractivity contribution in [3.05, 3.63) is 30.1 Å². The normalized spacial score (nSPS) is 18.7. The molecule has 0 bridgehead atoms. The zero-order valence-corrected chi connectivity index (χ0v) is 14.7. The second kappa shape index (κ2) is 7.62. The third-order valence-corrected chi connectivity index (χ3v) is 4.65. The lowest BCUT2D eigenvalue weighted by molar-refractivity contribution is 0.384. The maximum Gasteiger partial charge on any atom is 0.163 e. The van der Waals surface area contributed by atoms with Gasteiger partial charge >= 0.3 is 0 Å². The topological polar surface area (TPSA) is 83.9 Å². The molecule has 0 aliphatic carbocycles. The average Bonchev–Trinajstić information content (AvgIpc) is 3.29. The van der Waals surface area contributed by atoms with Crippen molar-refractivity contribution in [2.75, 3.05) is 36.4 Å².